The van der Waals surface area contributed by atoms with Crippen molar-refractivity contribution < 1.29 is 44.3 Å². The molecule has 0 spiro atoms. The number of allylic oxidation sites excluding steroid dienone is 2. The van der Waals surface area contributed by atoms with Crippen LogP contribution in [-0.4, -0.2) is 74.9 Å². The fourth-order valence-corrected chi connectivity index (χ4v) is 10.4. The molecule has 0 radical (unpaired) electrons. The maximum absolute atomic E-state index is 15.5. The number of hydrogen-bond acceptors (Lipinski definition) is 10. The Balaban J connectivity index is 1.18. The summed E-state index contributed by atoms with van der Waals surface area (Å²) in [4.78, 5) is 38.5. The van der Waals surface area contributed by atoms with Crippen LogP contribution in [0, 0.1) is 29.4 Å². The summed E-state index contributed by atoms with van der Waals surface area (Å²) in [6.07, 6.45) is 3.95. The van der Waals surface area contributed by atoms with Crippen LogP contribution in [0.2, 0.25) is 0 Å². The molecule has 2 unspecified atom stereocenters. The predicted octanol–water partition coefficient (Wildman–Crippen LogP) is 6.24. The first kappa shape index (κ1) is 42.8. The fraction of sp³-hybridized carbons (Fsp3) is 0.463. The third kappa shape index (κ3) is 7.84. The highest BCUT2D eigenvalue weighted by Crippen LogP contribution is 2.68. The summed E-state index contributed by atoms with van der Waals surface area (Å²) >= 11 is 6.69. The SMILES string of the molecule is C[C@H](Oc1ccc2c(=O)n(C3=CC=C(Cl)C4C(NS(C)(=O)=O)=NN(C)C34)c([C@H](Cc3cc(F)cc(F)c3)NC(=O)Cn3nc(C(F)F)c4c3C(F)(F)[C@@H]3C[C@H]43)nc2n1)C1CCCC1. The molecule has 0 bridgehead atoms. The molecule has 2 saturated carbocycles. The Bertz CT molecular complexity index is 2810. The van der Waals surface area contributed by atoms with E-state index in [-0.39, 0.29) is 68.9 Å². The summed E-state index contributed by atoms with van der Waals surface area (Å²) in [6.45, 7) is 0.937. The lowest BCUT2D eigenvalue weighted by Gasteiger charge is -2.33. The molecule has 2 N–H and O–H groups in total. The van der Waals surface area contributed by atoms with Crippen molar-refractivity contribution in [2.24, 2.45) is 22.9 Å². The Morgan fingerprint density at radius 3 is 2.48 bits per heavy atom. The van der Waals surface area contributed by atoms with Gasteiger partial charge in [-0.05, 0) is 73.9 Å². The van der Waals surface area contributed by atoms with Gasteiger partial charge in [-0.3, -0.25) is 28.6 Å². The Hall–Kier alpha value is -5.44. The minimum absolute atomic E-state index is 0.000528. The number of rotatable bonds is 12. The first-order valence-electron chi connectivity index (χ1n) is 20.3. The van der Waals surface area contributed by atoms with Crippen molar-refractivity contribution in [1.29, 1.82) is 0 Å². The number of hydrazone groups is 1. The van der Waals surface area contributed by atoms with E-state index in [1.807, 2.05) is 6.92 Å². The van der Waals surface area contributed by atoms with Gasteiger partial charge >= 0.3 is 0 Å². The Kier molecular flexibility index (Phi) is 10.7. The van der Waals surface area contributed by atoms with Crippen molar-refractivity contribution >= 4 is 50.1 Å². The number of hydrogen-bond donors (Lipinski definition) is 2. The van der Waals surface area contributed by atoms with E-state index in [0.717, 1.165) is 48.6 Å². The predicted molar refractivity (Wildman–Crippen MR) is 217 cm³/mol. The summed E-state index contributed by atoms with van der Waals surface area (Å²) in [7, 11) is -2.37. The fourth-order valence-electron chi connectivity index (χ4n) is 9.60. The zero-order valence-electron chi connectivity index (χ0n) is 33.8. The number of carbonyl (C=O) groups is 1. The van der Waals surface area contributed by atoms with E-state index in [2.05, 4.69) is 25.2 Å². The number of pyridine rings is 1. The maximum Gasteiger partial charge on any atom is 0.293 e. The van der Waals surface area contributed by atoms with Crippen LogP contribution in [-0.2, 0) is 33.7 Å². The van der Waals surface area contributed by atoms with Crippen LogP contribution in [0.5, 0.6) is 5.88 Å². The topological polar surface area (TPSA) is 166 Å². The number of alkyl halides is 4. The number of aromatic nitrogens is 5. The van der Waals surface area contributed by atoms with Crippen molar-refractivity contribution in [2.45, 2.75) is 88.4 Å². The van der Waals surface area contributed by atoms with Crippen LogP contribution < -0.4 is 20.3 Å². The third-order valence-corrected chi connectivity index (χ3v) is 13.4. The largest absolute Gasteiger partial charge is 0.474 e. The van der Waals surface area contributed by atoms with Crippen LogP contribution in [0.4, 0.5) is 26.3 Å². The van der Waals surface area contributed by atoms with Gasteiger partial charge in [0, 0.05) is 42.1 Å². The molecule has 2 fully saturated rings. The molecule has 4 aliphatic carbocycles. The quantitative estimate of drug-likeness (QED) is 0.157. The number of likely N-dealkylation sites (N-methyl/N-ethyl adjacent to an activating group) is 1. The van der Waals surface area contributed by atoms with Crippen molar-refractivity contribution in [2.75, 3.05) is 13.3 Å². The maximum atomic E-state index is 15.5. The van der Waals surface area contributed by atoms with Gasteiger partial charge in [0.1, 0.15) is 53.4 Å². The number of nitrogens with zero attached hydrogens (tertiary/aromatic N) is 7. The summed E-state index contributed by atoms with van der Waals surface area (Å²) in [6, 6.07) is 3.08. The van der Waals surface area contributed by atoms with Crippen molar-refractivity contribution in [3.63, 3.8) is 0 Å². The van der Waals surface area contributed by atoms with Crippen LogP contribution in [0.1, 0.15) is 85.8 Å². The average Bonchev–Trinajstić information content (AvgIpc) is 3.43. The van der Waals surface area contributed by atoms with Gasteiger partial charge in [-0.2, -0.15) is 24.0 Å². The number of benzene rings is 1. The number of amidine groups is 1. The molecule has 1 aromatic carbocycles. The minimum atomic E-state index is -3.88. The molecule has 9 rings (SSSR count). The van der Waals surface area contributed by atoms with Gasteiger partial charge in [0.05, 0.1) is 29.3 Å². The van der Waals surface area contributed by atoms with E-state index >= 15 is 13.6 Å². The number of nitrogens with one attached hydrogen (secondary N) is 2. The average molecular weight is 920 g/mol. The van der Waals surface area contributed by atoms with Gasteiger partial charge in [-0.25, -0.2) is 31.0 Å². The molecule has 1 amide bonds. The van der Waals surface area contributed by atoms with E-state index in [9.17, 15) is 30.8 Å². The van der Waals surface area contributed by atoms with E-state index in [0.29, 0.717) is 10.7 Å². The van der Waals surface area contributed by atoms with Crippen molar-refractivity contribution in [3.8, 4) is 5.88 Å². The smallest absolute Gasteiger partial charge is 0.293 e. The summed E-state index contributed by atoms with van der Waals surface area (Å²) < 4.78 is 124. The Labute approximate surface area is 361 Å². The number of halogens is 7. The first-order valence-corrected chi connectivity index (χ1v) is 22.5. The molecule has 3 aromatic heterocycles. The number of ether oxygens (including phenoxy) is 1. The summed E-state index contributed by atoms with van der Waals surface area (Å²) in [5.74, 6) is -9.46. The van der Waals surface area contributed by atoms with E-state index < -0.39 is 99.7 Å². The molecule has 1 aliphatic heterocycles. The monoisotopic (exact) mass is 919 g/mol. The van der Waals surface area contributed by atoms with Crippen LogP contribution in [0.3, 0.4) is 0 Å². The van der Waals surface area contributed by atoms with Gasteiger partial charge in [0.15, 0.2) is 5.65 Å². The van der Waals surface area contributed by atoms with Gasteiger partial charge in [0.2, 0.25) is 21.8 Å². The Morgan fingerprint density at radius 1 is 1.08 bits per heavy atom. The summed E-state index contributed by atoms with van der Waals surface area (Å²) in [5, 5.41) is 12.3. The van der Waals surface area contributed by atoms with Crippen LogP contribution in [0.25, 0.3) is 16.7 Å². The highest BCUT2D eigenvalue weighted by atomic mass is 35.5. The minimum Gasteiger partial charge on any atom is -0.474 e. The molecule has 63 heavy (non-hydrogen) atoms. The molecule has 22 heteroatoms. The number of sulfonamides is 1. The lowest BCUT2D eigenvalue weighted by Crippen LogP contribution is -2.44. The highest BCUT2D eigenvalue weighted by Gasteiger charge is 2.67. The lowest BCUT2D eigenvalue weighted by molar-refractivity contribution is -0.123. The Morgan fingerprint density at radius 2 is 1.79 bits per heavy atom. The standard InChI is InChI=1S/C41H40ClF6N9O5S/c1-18(20-6-4-5-7-20)62-30-11-8-23-37(50-30)51-39(57(40(23)59)28-10-9-26(42)32-34(28)55(2)53-38(32)54-63(3,60)61)27(14-19-12-21(43)15-22(44)13-19)49-29(58)17-56-35-31(33(52-56)36(45)46)24-16-25(24)41(35,47)48/h8-13,15,18,20,24-25,27,32,34,36H,4-7,14,16-17H2,1-3H3,(H,49,58)(H,53,54)/t18-,24-,25+,27-,32?,34?/m0/s1. The molecular formula is C41H40ClF6N9O5S. The van der Waals surface area contributed by atoms with Gasteiger partial charge in [-0.1, -0.05) is 24.4 Å². The van der Waals surface area contributed by atoms with Crippen LogP contribution >= 0.6 is 11.6 Å². The molecule has 14 nitrogen and oxygen atoms in total. The zero-order chi connectivity index (χ0) is 44.9. The van der Waals surface area contributed by atoms with E-state index in [4.69, 9.17) is 21.3 Å². The van der Waals surface area contributed by atoms with Gasteiger partial charge < -0.3 is 10.1 Å². The summed E-state index contributed by atoms with van der Waals surface area (Å²) in [5.41, 5.74) is -2.71. The lowest BCUT2D eigenvalue weighted by atomic mass is 9.91. The molecule has 4 aromatic rings. The second-order valence-corrected chi connectivity index (χ2v) is 19.0. The molecule has 334 valence electrons. The highest BCUT2D eigenvalue weighted by molar-refractivity contribution is 7.89. The number of amides is 1. The first-order chi connectivity index (χ1) is 29.8. The number of fused-ring (bicyclic) bond motifs is 5. The third-order valence-electron chi connectivity index (χ3n) is 12.4. The van der Waals surface area contributed by atoms with E-state index in [1.165, 1.54) is 36.3 Å². The molecule has 6 atom stereocenters. The number of carbonyl (C=O) groups excluding carboxylic acids is 1. The van der Waals surface area contributed by atoms with Gasteiger partial charge in [0.25, 0.3) is 17.9 Å². The molecular weight excluding hydrogens is 880 g/mol. The normalized spacial score (nSPS) is 23.5. The van der Waals surface area contributed by atoms with Crippen molar-refractivity contribution in [1.82, 2.24) is 39.4 Å². The van der Waals surface area contributed by atoms with Gasteiger partial charge in [-0.15, -0.1) is 0 Å². The molecule has 5 aliphatic rings. The molecule has 4 heterocycles. The van der Waals surface area contributed by atoms with E-state index in [1.54, 1.807) is 0 Å². The second-order valence-electron chi connectivity index (χ2n) is 16.8. The zero-order valence-corrected chi connectivity index (χ0v) is 35.4. The van der Waals surface area contributed by atoms with Crippen LogP contribution in [0.15, 0.2) is 57.4 Å². The van der Waals surface area contributed by atoms with Crippen molar-refractivity contribution in [3.05, 3.63) is 97.8 Å². The molecule has 0 saturated heterocycles. The second kappa shape index (κ2) is 15.7.